The van der Waals surface area contributed by atoms with Crippen molar-refractivity contribution in [1.29, 1.82) is 0 Å². The Bertz CT molecular complexity index is 274. The van der Waals surface area contributed by atoms with Crippen LogP contribution in [0.4, 0.5) is 18.0 Å². The highest BCUT2D eigenvalue weighted by Crippen LogP contribution is 2.29. The van der Waals surface area contributed by atoms with Crippen LogP contribution in [-0.2, 0) is 4.74 Å². The Kier molecular flexibility index (Phi) is 5.92. The summed E-state index contributed by atoms with van der Waals surface area (Å²) in [5, 5.41) is 11.2. The zero-order chi connectivity index (χ0) is 14.6. The molecule has 0 heterocycles. The number of ether oxygens (including phenoxy) is 1. The maximum atomic E-state index is 12.3. The summed E-state index contributed by atoms with van der Waals surface area (Å²) >= 11 is 0. The van der Waals surface area contributed by atoms with E-state index < -0.39 is 36.4 Å². The van der Waals surface area contributed by atoms with E-state index in [-0.39, 0.29) is 6.42 Å². The molecule has 2 atom stereocenters. The van der Waals surface area contributed by atoms with Gasteiger partial charge < -0.3 is 15.2 Å². The second-order valence-corrected chi connectivity index (χ2v) is 5.20. The van der Waals surface area contributed by atoms with Crippen LogP contribution in [0, 0.1) is 5.92 Å². The molecule has 0 aliphatic rings. The van der Waals surface area contributed by atoms with Gasteiger partial charge in [-0.05, 0) is 27.2 Å². The fourth-order valence-corrected chi connectivity index (χ4v) is 1.21. The van der Waals surface area contributed by atoms with E-state index in [4.69, 9.17) is 9.84 Å². The summed E-state index contributed by atoms with van der Waals surface area (Å²) < 4.78 is 41.9. The van der Waals surface area contributed by atoms with Gasteiger partial charge >= 0.3 is 12.3 Å². The maximum absolute atomic E-state index is 12.3. The molecule has 0 radical (unpaired) electrons. The van der Waals surface area contributed by atoms with E-state index in [2.05, 4.69) is 5.32 Å². The van der Waals surface area contributed by atoms with Crippen molar-refractivity contribution in [1.82, 2.24) is 5.32 Å². The molecule has 0 aliphatic carbocycles. The van der Waals surface area contributed by atoms with Crippen LogP contribution >= 0.6 is 0 Å². The lowest BCUT2D eigenvalue weighted by Gasteiger charge is -2.25. The van der Waals surface area contributed by atoms with Gasteiger partial charge in [-0.1, -0.05) is 6.92 Å². The van der Waals surface area contributed by atoms with E-state index in [9.17, 15) is 18.0 Å². The van der Waals surface area contributed by atoms with Crippen LogP contribution in [0.15, 0.2) is 0 Å². The number of alkyl carbamates (subject to hydrolysis) is 1. The maximum Gasteiger partial charge on any atom is 0.407 e. The zero-order valence-corrected chi connectivity index (χ0v) is 11.0. The third-order valence-corrected chi connectivity index (χ3v) is 2.14. The summed E-state index contributed by atoms with van der Waals surface area (Å²) in [5.74, 6) is -1.61. The fourth-order valence-electron chi connectivity index (χ4n) is 1.21. The number of nitrogens with one attached hydrogen (secondary N) is 1. The number of carbonyl (C=O) groups excluding carboxylic acids is 1. The highest BCUT2D eigenvalue weighted by atomic mass is 19.4. The fraction of sp³-hybridized carbons (Fsp3) is 0.909. The van der Waals surface area contributed by atoms with E-state index >= 15 is 0 Å². The largest absolute Gasteiger partial charge is 0.444 e. The monoisotopic (exact) mass is 271 g/mol. The minimum Gasteiger partial charge on any atom is -0.444 e. The van der Waals surface area contributed by atoms with Crippen molar-refractivity contribution in [3.8, 4) is 0 Å². The van der Waals surface area contributed by atoms with Gasteiger partial charge in [0.2, 0.25) is 0 Å². The van der Waals surface area contributed by atoms with Crippen molar-refractivity contribution < 1.29 is 27.8 Å². The van der Waals surface area contributed by atoms with Gasteiger partial charge in [-0.15, -0.1) is 0 Å². The van der Waals surface area contributed by atoms with E-state index in [1.54, 1.807) is 20.8 Å². The highest BCUT2D eigenvalue weighted by molar-refractivity contribution is 5.68. The minimum absolute atomic E-state index is 0.390. The number of carbonyl (C=O) groups is 1. The number of hydrogen-bond donors (Lipinski definition) is 2. The number of alkyl halides is 3. The van der Waals surface area contributed by atoms with Crippen LogP contribution in [0.1, 0.15) is 34.1 Å². The summed E-state index contributed by atoms with van der Waals surface area (Å²) in [6.07, 6.45) is -5.57. The first-order valence-electron chi connectivity index (χ1n) is 5.62. The second kappa shape index (κ2) is 6.26. The number of amides is 1. The normalized spacial score (nSPS) is 16.0. The SMILES string of the molecule is CC(C[C@@H](CO)NC(=O)OC(C)(C)C)C(F)(F)F. The molecular weight excluding hydrogens is 251 g/mol. The molecular formula is C11H20F3NO3. The van der Waals surface area contributed by atoms with Gasteiger partial charge in [0, 0.05) is 0 Å². The van der Waals surface area contributed by atoms with E-state index in [0.717, 1.165) is 6.92 Å². The highest BCUT2D eigenvalue weighted by Gasteiger charge is 2.37. The van der Waals surface area contributed by atoms with E-state index in [0.29, 0.717) is 0 Å². The zero-order valence-electron chi connectivity index (χ0n) is 11.0. The number of halogens is 3. The van der Waals surface area contributed by atoms with Gasteiger partial charge in [0.25, 0.3) is 0 Å². The molecule has 0 saturated heterocycles. The Labute approximate surface area is 105 Å². The summed E-state index contributed by atoms with van der Waals surface area (Å²) in [4.78, 5) is 11.3. The van der Waals surface area contributed by atoms with Crippen molar-refractivity contribution in [2.75, 3.05) is 6.61 Å². The van der Waals surface area contributed by atoms with Crippen LogP contribution in [0.5, 0.6) is 0 Å². The summed E-state index contributed by atoms with van der Waals surface area (Å²) in [6, 6.07) is -0.975. The van der Waals surface area contributed by atoms with Crippen molar-refractivity contribution in [3.63, 3.8) is 0 Å². The molecule has 4 nitrogen and oxygen atoms in total. The summed E-state index contributed by atoms with van der Waals surface area (Å²) in [7, 11) is 0. The molecule has 1 unspecified atom stereocenters. The Hall–Kier alpha value is -0.980. The summed E-state index contributed by atoms with van der Waals surface area (Å²) in [6.45, 7) is 5.34. The molecule has 0 fully saturated rings. The molecule has 0 aromatic carbocycles. The lowest BCUT2D eigenvalue weighted by atomic mass is 10.0. The van der Waals surface area contributed by atoms with Crippen LogP contribution < -0.4 is 5.32 Å². The molecule has 7 heteroatoms. The van der Waals surface area contributed by atoms with Crippen LogP contribution in [0.3, 0.4) is 0 Å². The van der Waals surface area contributed by atoms with Crippen LogP contribution in [0.25, 0.3) is 0 Å². The Morgan fingerprint density at radius 1 is 1.33 bits per heavy atom. The van der Waals surface area contributed by atoms with E-state index in [1.165, 1.54) is 0 Å². The van der Waals surface area contributed by atoms with Crippen molar-refractivity contribution in [3.05, 3.63) is 0 Å². The lowest BCUT2D eigenvalue weighted by molar-refractivity contribution is -0.173. The topological polar surface area (TPSA) is 58.6 Å². The molecule has 1 amide bonds. The predicted octanol–water partition coefficient (Wildman–Crippen LogP) is 2.46. The minimum atomic E-state index is -4.34. The van der Waals surface area contributed by atoms with Crippen molar-refractivity contribution >= 4 is 6.09 Å². The molecule has 2 N–H and O–H groups in total. The molecule has 0 rings (SSSR count). The third kappa shape index (κ3) is 7.37. The van der Waals surface area contributed by atoms with Gasteiger partial charge in [0.15, 0.2) is 0 Å². The van der Waals surface area contributed by atoms with Crippen molar-refractivity contribution in [2.45, 2.75) is 51.9 Å². The second-order valence-electron chi connectivity index (χ2n) is 5.20. The van der Waals surface area contributed by atoms with Crippen LogP contribution in [0.2, 0.25) is 0 Å². The number of hydrogen-bond acceptors (Lipinski definition) is 3. The van der Waals surface area contributed by atoms with Crippen molar-refractivity contribution in [2.24, 2.45) is 5.92 Å². The molecule has 108 valence electrons. The first kappa shape index (κ1) is 17.0. The Balaban J connectivity index is 4.32. The molecule has 0 aromatic heterocycles. The van der Waals surface area contributed by atoms with Gasteiger partial charge in [0.05, 0.1) is 18.6 Å². The number of rotatable bonds is 4. The quantitative estimate of drug-likeness (QED) is 0.825. The van der Waals surface area contributed by atoms with Crippen LogP contribution in [-0.4, -0.2) is 35.6 Å². The number of aliphatic hydroxyl groups is 1. The van der Waals surface area contributed by atoms with Gasteiger partial charge in [-0.3, -0.25) is 0 Å². The molecule has 18 heavy (non-hydrogen) atoms. The molecule has 0 saturated carbocycles. The standard InChI is InChI=1S/C11H20F3NO3/c1-7(11(12,13)14)5-8(6-16)15-9(17)18-10(2,3)4/h7-8,16H,5-6H2,1-4H3,(H,15,17)/t7?,8-/m0/s1. The average Bonchev–Trinajstić information content (AvgIpc) is 2.11. The smallest absolute Gasteiger partial charge is 0.407 e. The molecule has 0 bridgehead atoms. The van der Waals surface area contributed by atoms with Gasteiger partial charge in [0.1, 0.15) is 5.60 Å². The first-order valence-corrected chi connectivity index (χ1v) is 5.62. The lowest BCUT2D eigenvalue weighted by Crippen LogP contribution is -2.43. The Morgan fingerprint density at radius 2 is 1.83 bits per heavy atom. The first-order chi connectivity index (χ1) is 7.95. The third-order valence-electron chi connectivity index (χ3n) is 2.14. The van der Waals surface area contributed by atoms with E-state index in [1.807, 2.05) is 0 Å². The molecule has 0 aromatic rings. The average molecular weight is 271 g/mol. The summed E-state index contributed by atoms with van der Waals surface area (Å²) in [5.41, 5.74) is -0.736. The number of aliphatic hydroxyl groups excluding tert-OH is 1. The van der Waals surface area contributed by atoms with Gasteiger partial charge in [-0.25, -0.2) is 4.79 Å². The molecule has 0 spiro atoms. The van der Waals surface area contributed by atoms with Gasteiger partial charge in [-0.2, -0.15) is 13.2 Å². The Morgan fingerprint density at radius 3 is 2.17 bits per heavy atom. The predicted molar refractivity (Wildman–Crippen MR) is 60.1 cm³/mol. The molecule has 0 aliphatic heterocycles.